The molecule has 4 heterocycles. The lowest BCUT2D eigenvalue weighted by molar-refractivity contribution is -1.02. The van der Waals surface area contributed by atoms with Crippen LogP contribution in [-0.2, 0) is 13.0 Å². The molecule has 0 amide bonds. The van der Waals surface area contributed by atoms with Gasteiger partial charge in [-0.15, -0.1) is 0 Å². The number of quaternary nitrogens is 2. The van der Waals surface area contributed by atoms with Crippen LogP contribution in [-0.4, -0.2) is 58.8 Å². The second-order valence-electron chi connectivity index (χ2n) is 10.7. The van der Waals surface area contributed by atoms with Gasteiger partial charge in [0.05, 0.1) is 25.4 Å². The van der Waals surface area contributed by atoms with Crippen LogP contribution in [0.3, 0.4) is 0 Å². The number of halogens is 2. The molecule has 6 rings (SSSR count). The molecule has 1 aliphatic rings. The molecule has 10 heteroatoms. The predicted octanol–water partition coefficient (Wildman–Crippen LogP) is -4.41. The monoisotopic (exact) mass is 608 g/mol. The summed E-state index contributed by atoms with van der Waals surface area (Å²) < 4.78 is 9.16. The molecule has 3 aromatic heterocycles. The molecule has 8 nitrogen and oxygen atoms in total. The van der Waals surface area contributed by atoms with Gasteiger partial charge in [0.15, 0.2) is 5.65 Å². The predicted molar refractivity (Wildman–Crippen MR) is 156 cm³/mol. The quantitative estimate of drug-likeness (QED) is 0.177. The van der Waals surface area contributed by atoms with E-state index in [1.165, 1.54) is 11.1 Å². The number of nitrogens with zero attached hydrogens (tertiary/aromatic N) is 4. The molecule has 0 unspecified atom stereocenters. The molecule has 222 valence electrons. The van der Waals surface area contributed by atoms with E-state index in [0.29, 0.717) is 24.0 Å². The van der Waals surface area contributed by atoms with E-state index in [1.807, 2.05) is 28.0 Å². The highest BCUT2D eigenvalue weighted by molar-refractivity contribution is 5.76. The summed E-state index contributed by atoms with van der Waals surface area (Å²) in [4.78, 5) is 26.0. The number of benzene rings is 2. The number of hydrogen-bond acceptors (Lipinski definition) is 4. The normalized spacial score (nSPS) is 16.7. The number of hydrogen-bond donors (Lipinski definition) is 2. The van der Waals surface area contributed by atoms with Crippen molar-refractivity contribution in [3.63, 3.8) is 0 Å². The minimum Gasteiger partial charge on any atom is -1.00 e. The molecule has 0 saturated carbocycles. The summed E-state index contributed by atoms with van der Waals surface area (Å²) in [5.41, 5.74) is 4.87. The van der Waals surface area contributed by atoms with Crippen LogP contribution in [0, 0.1) is 0 Å². The van der Waals surface area contributed by atoms with E-state index in [0.717, 1.165) is 62.6 Å². The zero-order chi connectivity index (χ0) is 27.5. The first-order valence-corrected chi connectivity index (χ1v) is 14.4. The molecule has 0 aliphatic carbocycles. The molecule has 2 N–H and O–H groups in total. The van der Waals surface area contributed by atoms with E-state index in [2.05, 4.69) is 65.6 Å². The minimum atomic E-state index is -0.00973. The third-order valence-corrected chi connectivity index (χ3v) is 8.34. The summed E-state index contributed by atoms with van der Waals surface area (Å²) in [6.45, 7) is 8.23. The van der Waals surface area contributed by atoms with E-state index in [1.54, 1.807) is 23.1 Å². The van der Waals surface area contributed by atoms with E-state index < -0.39 is 0 Å². The van der Waals surface area contributed by atoms with Gasteiger partial charge in [-0.2, -0.15) is 4.98 Å². The third kappa shape index (κ3) is 6.17. The number of piperazine rings is 1. The SMILES string of the molecule is CCc1ncc2c(=O)n(CCC[NH+]3CC[NH+](C(c4ccccc4)c4ccccc4)CC3)c3ccc(OC)nc3n12.[Cl-].[Cl-]. The van der Waals surface area contributed by atoms with Crippen LogP contribution in [0.1, 0.15) is 36.3 Å². The van der Waals surface area contributed by atoms with Gasteiger partial charge < -0.3 is 43.9 Å². The van der Waals surface area contributed by atoms with Gasteiger partial charge in [0, 0.05) is 36.6 Å². The van der Waals surface area contributed by atoms with E-state index >= 15 is 0 Å². The van der Waals surface area contributed by atoms with E-state index in [4.69, 9.17) is 9.72 Å². The van der Waals surface area contributed by atoms with Gasteiger partial charge >= 0.3 is 0 Å². The van der Waals surface area contributed by atoms with E-state index in [9.17, 15) is 4.79 Å². The smallest absolute Gasteiger partial charge is 0.277 e. The Bertz CT molecular complexity index is 1610. The molecular weight excluding hydrogens is 571 g/mol. The second-order valence-corrected chi connectivity index (χ2v) is 10.7. The molecule has 0 spiro atoms. The number of aromatic nitrogens is 4. The Balaban J connectivity index is 0.00000202. The lowest BCUT2D eigenvalue weighted by atomic mass is 9.96. The average Bonchev–Trinajstić information content (AvgIpc) is 3.45. The fourth-order valence-electron chi connectivity index (χ4n) is 6.31. The van der Waals surface area contributed by atoms with Crippen molar-refractivity contribution in [2.75, 3.05) is 39.8 Å². The van der Waals surface area contributed by atoms with Crippen LogP contribution in [0.5, 0.6) is 5.88 Å². The molecule has 1 aliphatic heterocycles. The molecule has 42 heavy (non-hydrogen) atoms. The number of methoxy groups -OCH3 is 1. The summed E-state index contributed by atoms with van der Waals surface area (Å²) >= 11 is 0. The summed E-state index contributed by atoms with van der Waals surface area (Å²) in [6, 6.07) is 26.0. The van der Waals surface area contributed by atoms with Crippen molar-refractivity contribution in [1.82, 2.24) is 18.9 Å². The second kappa shape index (κ2) is 14.2. The van der Waals surface area contributed by atoms with Crippen molar-refractivity contribution in [1.29, 1.82) is 0 Å². The lowest BCUT2D eigenvalue weighted by Crippen LogP contribution is -3.28. The fourth-order valence-corrected chi connectivity index (χ4v) is 6.31. The zero-order valence-corrected chi connectivity index (χ0v) is 25.6. The number of ether oxygens (including phenoxy) is 1. The van der Waals surface area contributed by atoms with Crippen LogP contribution >= 0.6 is 0 Å². The molecule has 2 aromatic carbocycles. The lowest BCUT2D eigenvalue weighted by Gasteiger charge is -2.35. The maximum atomic E-state index is 13.5. The molecule has 0 radical (unpaired) electrons. The first-order valence-electron chi connectivity index (χ1n) is 14.4. The Morgan fingerprint density at radius 1 is 0.881 bits per heavy atom. The minimum absolute atomic E-state index is 0. The van der Waals surface area contributed by atoms with Crippen molar-refractivity contribution in [2.45, 2.75) is 32.4 Å². The maximum absolute atomic E-state index is 13.5. The first kappa shape index (κ1) is 31.5. The van der Waals surface area contributed by atoms with Crippen LogP contribution in [0.2, 0.25) is 0 Å². The van der Waals surface area contributed by atoms with Gasteiger partial charge in [0.25, 0.3) is 5.56 Å². The highest BCUT2D eigenvalue weighted by atomic mass is 35.5. The number of pyridine rings is 1. The van der Waals surface area contributed by atoms with Gasteiger partial charge in [0.2, 0.25) is 5.88 Å². The summed E-state index contributed by atoms with van der Waals surface area (Å²) in [6.07, 6.45) is 3.33. The Hall–Kier alpha value is -3.43. The first-order chi connectivity index (χ1) is 19.7. The number of imidazole rings is 1. The number of fused-ring (bicyclic) bond motifs is 3. The Labute approximate surface area is 258 Å². The molecule has 0 bridgehead atoms. The Kier molecular flexibility index (Phi) is 10.6. The van der Waals surface area contributed by atoms with Gasteiger partial charge in [-0.3, -0.25) is 9.20 Å². The van der Waals surface area contributed by atoms with E-state index in [-0.39, 0.29) is 30.4 Å². The largest absolute Gasteiger partial charge is 1.00 e. The Morgan fingerprint density at radius 3 is 2.12 bits per heavy atom. The topological polar surface area (TPSA) is 70.3 Å². The summed E-state index contributed by atoms with van der Waals surface area (Å²) in [7, 11) is 1.61. The van der Waals surface area contributed by atoms with Crippen LogP contribution in [0.4, 0.5) is 0 Å². The number of aryl methyl sites for hydroxylation is 2. The standard InChI is InChI=1S/C32H36N6O2.2ClH/c1-3-28-33-23-27-32(39)37(26-15-16-29(40-2)34-31(26)38(27)28)18-10-17-35-19-21-36(22-20-35)30(24-11-6-4-7-12-24)25-13-8-5-9-14-25;;/h4-9,11-16,23,30H,3,10,17-22H2,1-2H3;2*1H. The summed E-state index contributed by atoms with van der Waals surface area (Å²) in [5.74, 6) is 1.36. The Morgan fingerprint density at radius 2 is 1.52 bits per heavy atom. The van der Waals surface area contributed by atoms with Crippen LogP contribution in [0.25, 0.3) is 16.7 Å². The van der Waals surface area contributed by atoms with Crippen molar-refractivity contribution in [2.24, 2.45) is 0 Å². The van der Waals surface area contributed by atoms with Crippen LogP contribution in [0.15, 0.2) is 83.8 Å². The third-order valence-electron chi connectivity index (χ3n) is 8.34. The molecule has 0 atom stereocenters. The highest BCUT2D eigenvalue weighted by Gasteiger charge is 2.31. The van der Waals surface area contributed by atoms with Crippen molar-refractivity contribution < 1.29 is 39.4 Å². The van der Waals surface area contributed by atoms with Crippen LogP contribution < -0.4 is 44.9 Å². The zero-order valence-electron chi connectivity index (χ0n) is 24.1. The number of rotatable bonds is 9. The molecule has 5 aromatic rings. The van der Waals surface area contributed by atoms with Crippen molar-refractivity contribution in [3.05, 3.63) is 106 Å². The van der Waals surface area contributed by atoms with Gasteiger partial charge in [-0.1, -0.05) is 67.6 Å². The van der Waals surface area contributed by atoms with Crippen molar-refractivity contribution in [3.8, 4) is 5.88 Å². The van der Waals surface area contributed by atoms with Crippen molar-refractivity contribution >= 4 is 16.7 Å². The molecule has 1 saturated heterocycles. The molecule has 1 fully saturated rings. The molecular formula is C32H38Cl2N6O2. The average molecular weight is 610 g/mol. The van der Waals surface area contributed by atoms with Gasteiger partial charge in [-0.25, -0.2) is 4.98 Å². The van der Waals surface area contributed by atoms with Gasteiger partial charge in [-0.05, 0) is 6.07 Å². The highest BCUT2D eigenvalue weighted by Crippen LogP contribution is 2.20. The van der Waals surface area contributed by atoms with Gasteiger partial charge in [0.1, 0.15) is 43.6 Å². The summed E-state index contributed by atoms with van der Waals surface area (Å²) in [5, 5.41) is 0. The maximum Gasteiger partial charge on any atom is 0.277 e. The fraction of sp³-hybridized carbons (Fsp3) is 0.344. The number of nitrogens with one attached hydrogen (secondary N) is 2.